The quantitative estimate of drug-likeness (QED) is 0.663. The number of hydrogen-bond acceptors (Lipinski definition) is 4. The van der Waals surface area contributed by atoms with Crippen molar-refractivity contribution in [2.75, 3.05) is 32.8 Å². The molecule has 0 aromatic carbocycles. The van der Waals surface area contributed by atoms with E-state index < -0.39 is 0 Å². The van der Waals surface area contributed by atoms with E-state index >= 15 is 0 Å². The first kappa shape index (κ1) is 15.3. The Morgan fingerprint density at radius 2 is 1.62 bits per heavy atom. The topological polar surface area (TPSA) is 50.4 Å². The van der Waals surface area contributed by atoms with Crippen LogP contribution in [0.25, 0.3) is 0 Å². The lowest BCUT2D eigenvalue weighted by atomic mass is 10.4. The molecule has 0 bridgehead atoms. The van der Waals surface area contributed by atoms with Crippen LogP contribution in [-0.4, -0.2) is 38.8 Å². The van der Waals surface area contributed by atoms with E-state index in [2.05, 4.69) is 15.4 Å². The summed E-state index contributed by atoms with van der Waals surface area (Å²) >= 11 is 0. The molecule has 0 aromatic heterocycles. The third kappa shape index (κ3) is 14.7. The lowest BCUT2D eigenvalue weighted by Crippen LogP contribution is -2.39. The lowest BCUT2D eigenvalue weighted by molar-refractivity contribution is -0.140. The van der Waals surface area contributed by atoms with Crippen LogP contribution in [0, 0.1) is 0 Å². The van der Waals surface area contributed by atoms with Crippen LogP contribution in [0.2, 0.25) is 0 Å². The number of ether oxygens (including phenoxy) is 1. The van der Waals surface area contributed by atoms with Crippen molar-refractivity contribution >= 4 is 23.0 Å². The maximum absolute atomic E-state index is 9.82. The summed E-state index contributed by atoms with van der Waals surface area (Å²) in [5.74, 6) is -0.211. The first-order valence-corrected chi connectivity index (χ1v) is 4.32. The van der Waals surface area contributed by atoms with Crippen molar-refractivity contribution in [2.24, 2.45) is 0 Å². The molecule has 0 spiro atoms. The monoisotopic (exact) mass is 254 g/mol. The molecule has 13 heavy (non-hydrogen) atoms. The van der Waals surface area contributed by atoms with Gasteiger partial charge in [-0.3, -0.25) is 4.79 Å². The number of hydrogen-bond donors (Lipinski definition) is 2. The summed E-state index contributed by atoms with van der Waals surface area (Å²) in [6.45, 7) is 8.21. The SMILES string of the molecule is Br.C1CNCCN1.CCOC(C)=O. The van der Waals surface area contributed by atoms with E-state index in [1.54, 1.807) is 6.92 Å². The second kappa shape index (κ2) is 11.9. The van der Waals surface area contributed by atoms with Crippen molar-refractivity contribution in [1.29, 1.82) is 0 Å². The molecule has 1 saturated heterocycles. The van der Waals surface area contributed by atoms with Gasteiger partial charge in [-0.15, -0.1) is 17.0 Å². The Bertz CT molecular complexity index is 107. The molecule has 0 aromatic rings. The van der Waals surface area contributed by atoms with Crippen LogP contribution in [0.1, 0.15) is 13.8 Å². The second-order valence-electron chi connectivity index (χ2n) is 2.42. The number of esters is 1. The van der Waals surface area contributed by atoms with E-state index in [1.165, 1.54) is 6.92 Å². The summed E-state index contributed by atoms with van der Waals surface area (Å²) in [6.07, 6.45) is 0. The van der Waals surface area contributed by atoms with Gasteiger partial charge in [0, 0.05) is 33.1 Å². The van der Waals surface area contributed by atoms with Gasteiger partial charge >= 0.3 is 5.97 Å². The number of nitrogens with one attached hydrogen (secondary N) is 2. The predicted molar refractivity (Wildman–Crippen MR) is 58.4 cm³/mol. The standard InChI is InChI=1S/C4H10N2.C4H8O2.BrH/c1-2-6-4-3-5-1;1-3-6-4(2)5;/h5-6H,1-4H2;3H2,1-2H3;1H. The van der Waals surface area contributed by atoms with Gasteiger partial charge in [0.25, 0.3) is 0 Å². The summed E-state index contributed by atoms with van der Waals surface area (Å²) in [4.78, 5) is 9.82. The number of rotatable bonds is 1. The zero-order chi connectivity index (χ0) is 9.23. The molecule has 0 radical (unpaired) electrons. The largest absolute Gasteiger partial charge is 0.466 e. The van der Waals surface area contributed by atoms with Crippen molar-refractivity contribution in [3.05, 3.63) is 0 Å². The van der Waals surface area contributed by atoms with E-state index in [0.29, 0.717) is 6.61 Å². The molecule has 1 fully saturated rings. The third-order valence-corrected chi connectivity index (χ3v) is 1.30. The van der Waals surface area contributed by atoms with E-state index in [1.807, 2.05) is 0 Å². The Labute approximate surface area is 90.2 Å². The molecule has 0 saturated carbocycles. The molecule has 80 valence electrons. The molecule has 4 nitrogen and oxygen atoms in total. The van der Waals surface area contributed by atoms with Crippen LogP contribution >= 0.6 is 17.0 Å². The minimum Gasteiger partial charge on any atom is -0.466 e. The number of halogens is 1. The highest BCUT2D eigenvalue weighted by molar-refractivity contribution is 8.93. The van der Waals surface area contributed by atoms with Gasteiger partial charge < -0.3 is 15.4 Å². The normalized spacial score (nSPS) is 14.6. The van der Waals surface area contributed by atoms with E-state index in [-0.39, 0.29) is 23.0 Å². The maximum Gasteiger partial charge on any atom is 0.302 e. The van der Waals surface area contributed by atoms with Crippen molar-refractivity contribution in [3.8, 4) is 0 Å². The molecule has 1 heterocycles. The Hall–Kier alpha value is -0.130. The molecule has 2 N–H and O–H groups in total. The van der Waals surface area contributed by atoms with Crippen LogP contribution in [0.5, 0.6) is 0 Å². The third-order valence-electron chi connectivity index (χ3n) is 1.30. The Kier molecular flexibility index (Phi) is 14.0. The predicted octanol–water partition coefficient (Wildman–Crippen LogP) is 0.326. The molecule has 0 atom stereocenters. The van der Waals surface area contributed by atoms with Gasteiger partial charge in [-0.1, -0.05) is 0 Å². The molecule has 1 aliphatic rings. The number of piperazine rings is 1. The van der Waals surface area contributed by atoms with E-state index in [0.717, 1.165) is 26.2 Å². The van der Waals surface area contributed by atoms with Gasteiger partial charge in [-0.2, -0.15) is 0 Å². The smallest absolute Gasteiger partial charge is 0.302 e. The highest BCUT2D eigenvalue weighted by Crippen LogP contribution is 1.69. The van der Waals surface area contributed by atoms with Crippen LogP contribution in [0.4, 0.5) is 0 Å². The number of carbonyl (C=O) groups is 1. The second-order valence-corrected chi connectivity index (χ2v) is 2.42. The zero-order valence-corrected chi connectivity index (χ0v) is 9.97. The van der Waals surface area contributed by atoms with Crippen LogP contribution < -0.4 is 10.6 Å². The van der Waals surface area contributed by atoms with Crippen molar-refractivity contribution in [3.63, 3.8) is 0 Å². The van der Waals surface area contributed by atoms with Crippen LogP contribution in [0.15, 0.2) is 0 Å². The Balaban J connectivity index is 0. The highest BCUT2D eigenvalue weighted by Gasteiger charge is 1.91. The Morgan fingerprint density at radius 3 is 1.69 bits per heavy atom. The number of carbonyl (C=O) groups excluding carboxylic acids is 1. The molecular weight excluding hydrogens is 236 g/mol. The van der Waals surface area contributed by atoms with Gasteiger partial charge in [0.15, 0.2) is 0 Å². The highest BCUT2D eigenvalue weighted by atomic mass is 79.9. The van der Waals surface area contributed by atoms with E-state index in [4.69, 9.17) is 0 Å². The first-order chi connectivity index (χ1) is 5.77. The van der Waals surface area contributed by atoms with Gasteiger partial charge in [0.05, 0.1) is 6.61 Å². The lowest BCUT2D eigenvalue weighted by Gasteiger charge is -2.11. The summed E-state index contributed by atoms with van der Waals surface area (Å²) in [5.41, 5.74) is 0. The van der Waals surface area contributed by atoms with Crippen molar-refractivity contribution in [1.82, 2.24) is 10.6 Å². The van der Waals surface area contributed by atoms with Crippen molar-refractivity contribution in [2.45, 2.75) is 13.8 Å². The average molecular weight is 255 g/mol. The van der Waals surface area contributed by atoms with Gasteiger partial charge in [0.2, 0.25) is 0 Å². The summed E-state index contributed by atoms with van der Waals surface area (Å²) in [6, 6.07) is 0. The van der Waals surface area contributed by atoms with Gasteiger partial charge in [0.1, 0.15) is 0 Å². The van der Waals surface area contributed by atoms with Crippen LogP contribution in [-0.2, 0) is 9.53 Å². The zero-order valence-electron chi connectivity index (χ0n) is 8.26. The van der Waals surface area contributed by atoms with Gasteiger partial charge in [-0.05, 0) is 6.92 Å². The summed E-state index contributed by atoms with van der Waals surface area (Å²) in [5, 5.41) is 6.44. The molecule has 5 heteroatoms. The van der Waals surface area contributed by atoms with Crippen molar-refractivity contribution < 1.29 is 9.53 Å². The minimum atomic E-state index is -0.211. The average Bonchev–Trinajstić information content (AvgIpc) is 2.08. The van der Waals surface area contributed by atoms with E-state index in [9.17, 15) is 4.79 Å². The minimum absolute atomic E-state index is 0. The fourth-order valence-corrected chi connectivity index (χ4v) is 0.807. The molecule has 1 aliphatic heterocycles. The molecule has 0 unspecified atom stereocenters. The summed E-state index contributed by atoms with van der Waals surface area (Å²) in [7, 11) is 0. The van der Waals surface area contributed by atoms with Crippen LogP contribution in [0.3, 0.4) is 0 Å². The van der Waals surface area contributed by atoms with Gasteiger partial charge in [-0.25, -0.2) is 0 Å². The maximum atomic E-state index is 9.82. The molecule has 1 rings (SSSR count). The fourth-order valence-electron chi connectivity index (χ4n) is 0.807. The Morgan fingerprint density at radius 1 is 1.23 bits per heavy atom. The molecule has 0 amide bonds. The fraction of sp³-hybridized carbons (Fsp3) is 0.875. The first-order valence-electron chi connectivity index (χ1n) is 4.32. The molecule has 0 aliphatic carbocycles. The molecular formula is C8H19BrN2O2. The summed E-state index contributed by atoms with van der Waals surface area (Å²) < 4.78 is 4.40.